The molecule has 7 heteroatoms. The van der Waals surface area contributed by atoms with Crippen molar-refractivity contribution >= 4 is 24.2 Å². The Balaban J connectivity index is 1.40. The van der Waals surface area contributed by atoms with Crippen LogP contribution >= 0.6 is 0 Å². The van der Waals surface area contributed by atoms with Gasteiger partial charge in [0, 0.05) is 31.9 Å². The second-order valence-corrected chi connectivity index (χ2v) is 8.08. The molecule has 2 heterocycles. The molecule has 0 radical (unpaired) electrons. The minimum Gasteiger partial charge on any atom is -0.423 e. The molecule has 29 heavy (non-hydrogen) atoms. The van der Waals surface area contributed by atoms with Gasteiger partial charge >= 0.3 is 7.12 Å². The molecule has 2 aromatic rings. The Kier molecular flexibility index (Phi) is 5.90. The number of anilines is 1. The quantitative estimate of drug-likeness (QED) is 0.577. The molecule has 1 atom stereocenters. The number of fused-ring (bicyclic) bond motifs is 1. The maximum Gasteiger partial charge on any atom is 0.488 e. The molecule has 2 aliphatic heterocycles. The van der Waals surface area contributed by atoms with Crippen LogP contribution in [-0.2, 0) is 17.8 Å². The zero-order chi connectivity index (χ0) is 20.4. The Morgan fingerprint density at radius 2 is 1.93 bits per heavy atom. The van der Waals surface area contributed by atoms with E-state index in [1.807, 2.05) is 17.0 Å². The number of carbonyl (C=O) groups is 1. The highest BCUT2D eigenvalue weighted by atomic mass is 16.4. The number of likely N-dealkylation sites (tertiary alicyclic amines) is 1. The molecule has 4 rings (SSSR count). The smallest absolute Gasteiger partial charge is 0.423 e. The van der Waals surface area contributed by atoms with Gasteiger partial charge in [0.15, 0.2) is 0 Å². The third-order valence-corrected chi connectivity index (χ3v) is 6.29. The molecule has 1 saturated heterocycles. The van der Waals surface area contributed by atoms with E-state index in [4.69, 9.17) is 5.73 Å². The van der Waals surface area contributed by atoms with Crippen LogP contribution < -0.4 is 16.5 Å². The molecule has 1 unspecified atom stereocenters. The fourth-order valence-electron chi connectivity index (χ4n) is 4.63. The predicted molar refractivity (Wildman–Crippen MR) is 115 cm³/mol. The van der Waals surface area contributed by atoms with E-state index in [2.05, 4.69) is 23.5 Å². The number of nitrogens with two attached hydrogens (primary N) is 1. The first-order chi connectivity index (χ1) is 14.1. The van der Waals surface area contributed by atoms with Crippen molar-refractivity contribution in [3.63, 3.8) is 0 Å². The Labute approximate surface area is 171 Å². The van der Waals surface area contributed by atoms with E-state index < -0.39 is 7.12 Å². The maximum absolute atomic E-state index is 13.1. The third kappa shape index (κ3) is 4.17. The van der Waals surface area contributed by atoms with Gasteiger partial charge in [0.1, 0.15) is 0 Å². The van der Waals surface area contributed by atoms with Gasteiger partial charge in [0.05, 0.1) is 5.92 Å². The first-order valence-corrected chi connectivity index (χ1v) is 10.4. The second-order valence-electron chi connectivity index (χ2n) is 8.08. The summed E-state index contributed by atoms with van der Waals surface area (Å²) in [6.07, 6.45) is 2.45. The molecule has 0 saturated carbocycles. The lowest BCUT2D eigenvalue weighted by Crippen LogP contribution is -2.46. The lowest BCUT2D eigenvalue weighted by Gasteiger charge is -2.36. The summed E-state index contributed by atoms with van der Waals surface area (Å²) in [6.45, 7) is 2.63. The Morgan fingerprint density at radius 3 is 2.66 bits per heavy atom. The van der Waals surface area contributed by atoms with Crippen LogP contribution in [0.5, 0.6) is 0 Å². The van der Waals surface area contributed by atoms with Crippen molar-refractivity contribution in [3.8, 4) is 0 Å². The van der Waals surface area contributed by atoms with E-state index in [0.29, 0.717) is 30.9 Å². The van der Waals surface area contributed by atoms with Gasteiger partial charge in [-0.25, -0.2) is 0 Å². The van der Waals surface area contributed by atoms with Gasteiger partial charge < -0.3 is 26.0 Å². The van der Waals surface area contributed by atoms with Gasteiger partial charge in [0.25, 0.3) is 0 Å². The van der Waals surface area contributed by atoms with Crippen molar-refractivity contribution in [3.05, 3.63) is 59.2 Å². The highest BCUT2D eigenvalue weighted by Gasteiger charge is 2.33. The fraction of sp³-hybridized carbons (Fsp3) is 0.409. The Bertz CT molecular complexity index is 881. The van der Waals surface area contributed by atoms with E-state index >= 15 is 0 Å². The van der Waals surface area contributed by atoms with Crippen LogP contribution in [0.2, 0.25) is 0 Å². The van der Waals surface area contributed by atoms with Crippen molar-refractivity contribution in [2.45, 2.75) is 31.7 Å². The molecule has 2 aromatic carbocycles. The molecular formula is C22H28BN3O3. The Morgan fingerprint density at radius 1 is 1.17 bits per heavy atom. The summed E-state index contributed by atoms with van der Waals surface area (Å²) < 4.78 is 0. The van der Waals surface area contributed by atoms with Crippen LogP contribution in [-0.4, -0.2) is 47.6 Å². The highest BCUT2D eigenvalue weighted by Crippen LogP contribution is 2.30. The normalized spacial score (nSPS) is 19.4. The maximum atomic E-state index is 13.1. The third-order valence-electron chi connectivity index (χ3n) is 6.29. The summed E-state index contributed by atoms with van der Waals surface area (Å²) >= 11 is 0. The first-order valence-electron chi connectivity index (χ1n) is 10.4. The van der Waals surface area contributed by atoms with Crippen LogP contribution in [0.3, 0.4) is 0 Å². The van der Waals surface area contributed by atoms with Gasteiger partial charge in [0.2, 0.25) is 5.91 Å². The molecule has 1 fully saturated rings. The number of amides is 1. The number of nitrogens with one attached hydrogen (secondary N) is 1. The van der Waals surface area contributed by atoms with Crippen LogP contribution in [0, 0.1) is 5.92 Å². The van der Waals surface area contributed by atoms with Crippen LogP contribution in [0.4, 0.5) is 5.69 Å². The number of piperidine rings is 1. The molecule has 1 amide bonds. The summed E-state index contributed by atoms with van der Waals surface area (Å²) in [5, 5.41) is 22.6. The molecule has 6 nitrogen and oxygen atoms in total. The van der Waals surface area contributed by atoms with Gasteiger partial charge in [-0.1, -0.05) is 36.4 Å². The van der Waals surface area contributed by atoms with Gasteiger partial charge in [-0.15, -0.1) is 0 Å². The molecule has 152 valence electrons. The summed E-state index contributed by atoms with van der Waals surface area (Å²) in [7, 11) is -1.53. The molecule has 5 N–H and O–H groups in total. The van der Waals surface area contributed by atoms with Crippen LogP contribution in [0.15, 0.2) is 42.5 Å². The number of hydrogen-bond acceptors (Lipinski definition) is 5. The average molecular weight is 393 g/mol. The monoisotopic (exact) mass is 393 g/mol. The lowest BCUT2D eigenvalue weighted by molar-refractivity contribution is -0.136. The number of hydrogen-bond donors (Lipinski definition) is 4. The summed E-state index contributed by atoms with van der Waals surface area (Å²) in [4.78, 5) is 15.1. The van der Waals surface area contributed by atoms with Crippen LogP contribution in [0.1, 0.15) is 35.4 Å². The van der Waals surface area contributed by atoms with E-state index in [-0.39, 0.29) is 11.8 Å². The van der Waals surface area contributed by atoms with E-state index in [0.717, 1.165) is 42.7 Å². The largest absolute Gasteiger partial charge is 0.488 e. The minimum atomic E-state index is -1.53. The summed E-state index contributed by atoms with van der Waals surface area (Å²) in [5.74, 6) is 0.436. The van der Waals surface area contributed by atoms with E-state index in [1.54, 1.807) is 12.1 Å². The summed E-state index contributed by atoms with van der Waals surface area (Å²) in [6, 6.07) is 13.9. The van der Waals surface area contributed by atoms with Crippen LogP contribution in [0.25, 0.3) is 0 Å². The lowest BCUT2D eigenvalue weighted by atomic mass is 9.73. The average Bonchev–Trinajstić information content (AvgIpc) is 2.77. The Hall–Kier alpha value is -2.35. The topological polar surface area (TPSA) is 98.8 Å². The molecular weight excluding hydrogens is 365 g/mol. The van der Waals surface area contributed by atoms with E-state index in [9.17, 15) is 14.8 Å². The minimum absolute atomic E-state index is 0.152. The van der Waals surface area contributed by atoms with E-state index in [1.165, 1.54) is 5.56 Å². The molecule has 0 bridgehead atoms. The van der Waals surface area contributed by atoms with Gasteiger partial charge in [-0.05, 0) is 53.4 Å². The first kappa shape index (κ1) is 19.9. The number of carbonyl (C=O) groups excluding carboxylic acids is 1. The molecule has 0 aliphatic carbocycles. The fourth-order valence-corrected chi connectivity index (χ4v) is 4.63. The van der Waals surface area contributed by atoms with Crippen molar-refractivity contribution < 1.29 is 14.8 Å². The summed E-state index contributed by atoms with van der Waals surface area (Å²) in [5.41, 5.74) is 10.4. The molecule has 2 aliphatic rings. The number of rotatable bonds is 4. The SMILES string of the molecule is NCc1cccc(C2CCN(C(=O)C3CNc4cccc(B(O)O)c4C3)CC2)c1. The standard InChI is InChI=1S/C22H28BN3O3/c24-13-15-3-1-4-17(11-15)16-7-9-26(10-8-16)22(27)18-12-19-20(23(28)29)5-2-6-21(19)25-14-18/h1-6,11,16,18,25,28-29H,7-10,12-14,24H2. The molecule has 0 aromatic heterocycles. The molecule has 0 spiro atoms. The number of nitrogens with zero attached hydrogens (tertiary/aromatic N) is 1. The van der Waals surface area contributed by atoms with Crippen molar-refractivity contribution in [1.29, 1.82) is 0 Å². The van der Waals surface area contributed by atoms with Gasteiger partial charge in [-0.2, -0.15) is 0 Å². The van der Waals surface area contributed by atoms with Gasteiger partial charge in [-0.3, -0.25) is 4.79 Å². The zero-order valence-corrected chi connectivity index (χ0v) is 16.6. The predicted octanol–water partition coefficient (Wildman–Crippen LogP) is 0.816. The second kappa shape index (κ2) is 8.57. The zero-order valence-electron chi connectivity index (χ0n) is 16.6. The van der Waals surface area contributed by atoms with Crippen molar-refractivity contribution in [2.75, 3.05) is 25.0 Å². The van der Waals surface area contributed by atoms with Crippen molar-refractivity contribution in [2.24, 2.45) is 11.7 Å². The van der Waals surface area contributed by atoms with Crippen molar-refractivity contribution in [1.82, 2.24) is 4.90 Å². The highest BCUT2D eigenvalue weighted by molar-refractivity contribution is 6.59. The number of benzene rings is 2.